The Bertz CT molecular complexity index is 1400. The second-order valence-corrected chi connectivity index (χ2v) is 7.35. The van der Waals surface area contributed by atoms with Crippen LogP contribution in [0.25, 0.3) is 22.4 Å². The Morgan fingerprint density at radius 3 is 2.43 bits per heavy atom. The first-order chi connectivity index (χ1) is 14.5. The van der Waals surface area contributed by atoms with Crippen LogP contribution in [0.2, 0.25) is 5.02 Å². The van der Waals surface area contributed by atoms with Crippen molar-refractivity contribution in [3.63, 3.8) is 0 Å². The van der Waals surface area contributed by atoms with Crippen LogP contribution in [0.1, 0.15) is 26.3 Å². The van der Waals surface area contributed by atoms with E-state index in [0.29, 0.717) is 27.1 Å². The lowest BCUT2D eigenvalue weighted by Crippen LogP contribution is -2.29. The molecule has 30 heavy (non-hydrogen) atoms. The van der Waals surface area contributed by atoms with Gasteiger partial charge in [-0.2, -0.15) is 0 Å². The monoisotopic (exact) mass is 416 g/mol. The van der Waals surface area contributed by atoms with Gasteiger partial charge in [0, 0.05) is 10.6 Å². The molecule has 0 bridgehead atoms. The van der Waals surface area contributed by atoms with Crippen LogP contribution in [0.5, 0.6) is 0 Å². The maximum Gasteiger partial charge on any atom is 0.347 e. The Balaban J connectivity index is 1.55. The molecule has 0 aliphatic carbocycles. The summed E-state index contributed by atoms with van der Waals surface area (Å²) in [5, 5.41) is 0.752. The lowest BCUT2D eigenvalue weighted by atomic mass is 10.1. The largest absolute Gasteiger partial charge is 0.403 e. The number of fused-ring (bicyclic) bond motifs is 2. The molecule has 0 fully saturated rings. The van der Waals surface area contributed by atoms with E-state index in [2.05, 4.69) is 4.98 Å². The summed E-state index contributed by atoms with van der Waals surface area (Å²) in [6, 6.07) is 18.7. The number of carbonyl (C=O) groups excluding carboxylic acids is 2. The maximum atomic E-state index is 12.9. The molecule has 7 heteroatoms. The fraction of sp³-hybridized carbons (Fsp3) is 0.0435. The van der Waals surface area contributed by atoms with Crippen molar-refractivity contribution in [2.24, 2.45) is 0 Å². The number of imide groups is 1. The minimum absolute atomic E-state index is 0.0549. The molecule has 2 heterocycles. The van der Waals surface area contributed by atoms with Crippen LogP contribution in [0.3, 0.4) is 0 Å². The summed E-state index contributed by atoms with van der Waals surface area (Å²) >= 11 is 6.00. The topological polar surface area (TPSA) is 80.5 Å². The van der Waals surface area contributed by atoms with Crippen LogP contribution in [0.15, 0.2) is 75.9 Å². The fourth-order valence-corrected chi connectivity index (χ4v) is 3.67. The van der Waals surface area contributed by atoms with E-state index in [1.165, 1.54) is 11.0 Å². The van der Waals surface area contributed by atoms with Crippen molar-refractivity contribution in [1.29, 1.82) is 0 Å². The SMILES string of the molecule is O=C1c2ccc(-c3nc4cc(Cl)ccc4c(=O)o3)cc2C(=O)N1Cc1ccccc1. The predicted octanol–water partition coefficient (Wildman–Crippen LogP) is 4.30. The summed E-state index contributed by atoms with van der Waals surface area (Å²) in [6.45, 7) is 0.185. The summed E-state index contributed by atoms with van der Waals surface area (Å²) in [5.41, 5.74) is 1.68. The van der Waals surface area contributed by atoms with Crippen molar-refractivity contribution in [1.82, 2.24) is 9.88 Å². The van der Waals surface area contributed by atoms with E-state index in [1.54, 1.807) is 30.3 Å². The number of hydrogen-bond donors (Lipinski definition) is 0. The molecular weight excluding hydrogens is 404 g/mol. The first-order valence-corrected chi connectivity index (χ1v) is 9.54. The molecule has 146 valence electrons. The van der Waals surface area contributed by atoms with Gasteiger partial charge in [0.2, 0.25) is 5.89 Å². The molecule has 2 amide bonds. The van der Waals surface area contributed by atoms with Crippen LogP contribution in [-0.4, -0.2) is 21.7 Å². The van der Waals surface area contributed by atoms with E-state index < -0.39 is 11.5 Å². The van der Waals surface area contributed by atoms with E-state index >= 15 is 0 Å². The highest BCUT2D eigenvalue weighted by Gasteiger charge is 2.35. The molecule has 4 aromatic rings. The Labute approximate surface area is 175 Å². The Morgan fingerprint density at radius 2 is 1.63 bits per heavy atom. The molecular formula is C23H13ClN2O4. The highest BCUT2D eigenvalue weighted by atomic mass is 35.5. The van der Waals surface area contributed by atoms with E-state index in [0.717, 1.165) is 5.56 Å². The predicted molar refractivity (Wildman–Crippen MR) is 111 cm³/mol. The second kappa shape index (κ2) is 6.93. The number of amides is 2. The van der Waals surface area contributed by atoms with Gasteiger partial charge in [-0.15, -0.1) is 0 Å². The van der Waals surface area contributed by atoms with Crippen molar-refractivity contribution in [3.8, 4) is 11.5 Å². The number of carbonyl (C=O) groups is 2. The molecule has 3 aromatic carbocycles. The van der Waals surface area contributed by atoms with Gasteiger partial charge >= 0.3 is 5.63 Å². The van der Waals surface area contributed by atoms with Crippen molar-refractivity contribution in [2.45, 2.75) is 6.54 Å². The minimum Gasteiger partial charge on any atom is -0.403 e. The number of hydrogen-bond acceptors (Lipinski definition) is 5. The molecule has 6 nitrogen and oxygen atoms in total. The highest BCUT2D eigenvalue weighted by Crippen LogP contribution is 2.29. The molecule has 0 N–H and O–H groups in total. The smallest absolute Gasteiger partial charge is 0.347 e. The second-order valence-electron chi connectivity index (χ2n) is 6.91. The quantitative estimate of drug-likeness (QED) is 0.465. The van der Waals surface area contributed by atoms with E-state index in [1.807, 2.05) is 30.3 Å². The van der Waals surface area contributed by atoms with Crippen LogP contribution in [0, 0.1) is 0 Å². The summed E-state index contributed by atoms with van der Waals surface area (Å²) in [7, 11) is 0. The zero-order chi connectivity index (χ0) is 20.8. The molecule has 0 atom stereocenters. The van der Waals surface area contributed by atoms with E-state index in [4.69, 9.17) is 16.0 Å². The third-order valence-corrected chi connectivity index (χ3v) is 5.23. The molecule has 0 saturated carbocycles. The molecule has 1 aliphatic rings. The average molecular weight is 417 g/mol. The average Bonchev–Trinajstić information content (AvgIpc) is 2.98. The Kier molecular flexibility index (Phi) is 4.22. The van der Waals surface area contributed by atoms with Crippen LogP contribution < -0.4 is 5.63 Å². The Morgan fingerprint density at radius 1 is 0.867 bits per heavy atom. The molecule has 0 saturated heterocycles. The van der Waals surface area contributed by atoms with Crippen molar-refractivity contribution >= 4 is 34.3 Å². The lowest BCUT2D eigenvalue weighted by molar-refractivity contribution is 0.0642. The third kappa shape index (κ3) is 2.98. The summed E-state index contributed by atoms with van der Waals surface area (Å²) < 4.78 is 5.34. The summed E-state index contributed by atoms with van der Waals surface area (Å²) in [6.07, 6.45) is 0. The first kappa shape index (κ1) is 18.3. The number of rotatable bonds is 3. The highest BCUT2D eigenvalue weighted by molar-refractivity contribution is 6.31. The van der Waals surface area contributed by atoms with Gasteiger partial charge in [0.25, 0.3) is 11.8 Å². The zero-order valence-electron chi connectivity index (χ0n) is 15.5. The molecule has 0 unspecified atom stereocenters. The third-order valence-electron chi connectivity index (χ3n) is 4.99. The summed E-state index contributed by atoms with van der Waals surface area (Å²) in [4.78, 5) is 43.5. The van der Waals surface area contributed by atoms with Gasteiger partial charge in [-0.1, -0.05) is 41.9 Å². The maximum absolute atomic E-state index is 12.9. The van der Waals surface area contributed by atoms with Gasteiger partial charge in [-0.05, 0) is 42.0 Å². The minimum atomic E-state index is -0.555. The van der Waals surface area contributed by atoms with Crippen molar-refractivity contribution < 1.29 is 14.0 Å². The molecule has 5 rings (SSSR count). The number of halogens is 1. The normalized spacial score (nSPS) is 13.2. The van der Waals surface area contributed by atoms with Crippen LogP contribution in [0.4, 0.5) is 0 Å². The van der Waals surface area contributed by atoms with Gasteiger partial charge < -0.3 is 4.42 Å². The number of aromatic nitrogens is 1. The van der Waals surface area contributed by atoms with Crippen molar-refractivity contribution in [2.75, 3.05) is 0 Å². The van der Waals surface area contributed by atoms with Gasteiger partial charge in [0.1, 0.15) is 0 Å². The van der Waals surface area contributed by atoms with E-state index in [9.17, 15) is 14.4 Å². The standard InChI is InChI=1S/C23H13ClN2O4/c24-15-7-9-17-19(11-15)25-20(30-23(17)29)14-6-8-16-18(10-14)22(28)26(21(16)27)12-13-4-2-1-3-5-13/h1-11H,12H2. The zero-order valence-corrected chi connectivity index (χ0v) is 16.2. The molecule has 1 aliphatic heterocycles. The molecule has 0 radical (unpaired) electrons. The lowest BCUT2D eigenvalue weighted by Gasteiger charge is -2.13. The van der Waals surface area contributed by atoms with Gasteiger partial charge in [0.05, 0.1) is 28.6 Å². The Hall–Kier alpha value is -3.77. The van der Waals surface area contributed by atoms with Gasteiger partial charge in [-0.25, -0.2) is 9.78 Å². The number of nitrogens with zero attached hydrogens (tertiary/aromatic N) is 2. The van der Waals surface area contributed by atoms with Crippen molar-refractivity contribution in [3.05, 3.63) is 98.9 Å². The van der Waals surface area contributed by atoms with Crippen LogP contribution in [-0.2, 0) is 6.54 Å². The molecule has 0 spiro atoms. The number of benzene rings is 3. The molecule has 1 aromatic heterocycles. The van der Waals surface area contributed by atoms with Gasteiger partial charge in [0.15, 0.2) is 0 Å². The fourth-order valence-electron chi connectivity index (χ4n) is 3.50. The summed E-state index contributed by atoms with van der Waals surface area (Å²) in [5.74, 6) is -0.698. The van der Waals surface area contributed by atoms with E-state index in [-0.39, 0.29) is 23.9 Å². The van der Waals surface area contributed by atoms with Crippen LogP contribution >= 0.6 is 11.6 Å². The van der Waals surface area contributed by atoms with Gasteiger partial charge in [-0.3, -0.25) is 14.5 Å². The first-order valence-electron chi connectivity index (χ1n) is 9.16.